The van der Waals surface area contributed by atoms with Gasteiger partial charge in [-0.15, -0.1) is 0 Å². The second-order valence-electron chi connectivity index (χ2n) is 5.41. The van der Waals surface area contributed by atoms with Crippen molar-refractivity contribution in [3.8, 4) is 0 Å². The molecule has 100 valence electrons. The van der Waals surface area contributed by atoms with Crippen LogP contribution in [0.4, 0.5) is 0 Å². The number of ether oxygens (including phenoxy) is 1. The van der Waals surface area contributed by atoms with E-state index in [1.54, 1.807) is 20.8 Å². The maximum absolute atomic E-state index is 11.6. The molecule has 0 atom stereocenters. The van der Waals surface area contributed by atoms with Gasteiger partial charge in [-0.3, -0.25) is 4.79 Å². The van der Waals surface area contributed by atoms with E-state index in [0.29, 0.717) is 12.6 Å². The van der Waals surface area contributed by atoms with E-state index in [9.17, 15) is 13.2 Å². The fourth-order valence-electron chi connectivity index (χ4n) is 1.33. The number of hydrogen-bond acceptors (Lipinski definition) is 5. The second kappa shape index (κ2) is 5.35. The molecule has 6 heteroatoms. The summed E-state index contributed by atoms with van der Waals surface area (Å²) in [7, 11) is -3.36. The maximum atomic E-state index is 11.6. The van der Waals surface area contributed by atoms with Crippen LogP contribution >= 0.6 is 0 Å². The average Bonchev–Trinajstić information content (AvgIpc) is 2.81. The summed E-state index contributed by atoms with van der Waals surface area (Å²) in [6.45, 7) is 5.56. The molecule has 1 aliphatic carbocycles. The molecule has 0 aromatic heterocycles. The van der Waals surface area contributed by atoms with E-state index < -0.39 is 27.2 Å². The Kier molecular flexibility index (Phi) is 4.55. The van der Waals surface area contributed by atoms with Crippen molar-refractivity contribution in [2.75, 3.05) is 18.1 Å². The summed E-state index contributed by atoms with van der Waals surface area (Å²) in [5.41, 5.74) is -0.640. The van der Waals surface area contributed by atoms with E-state index in [1.165, 1.54) is 0 Å². The standard InChI is InChI=1S/C11H21NO4S/c1-11(2,3)16-10(13)8-17(14,15)7-6-12-9-4-5-9/h9,12H,4-8H2,1-3H3. The van der Waals surface area contributed by atoms with Gasteiger partial charge >= 0.3 is 5.97 Å². The number of nitrogens with one attached hydrogen (secondary N) is 1. The molecule has 0 aromatic carbocycles. The highest BCUT2D eigenvalue weighted by Gasteiger charge is 2.24. The van der Waals surface area contributed by atoms with Gasteiger partial charge in [-0.2, -0.15) is 0 Å². The summed E-state index contributed by atoms with van der Waals surface area (Å²) in [5.74, 6) is -1.22. The van der Waals surface area contributed by atoms with Gasteiger partial charge in [-0.05, 0) is 33.6 Å². The van der Waals surface area contributed by atoms with Gasteiger partial charge in [-0.25, -0.2) is 8.42 Å². The summed E-state index contributed by atoms with van der Waals surface area (Å²) in [6, 6.07) is 0.478. The van der Waals surface area contributed by atoms with Crippen molar-refractivity contribution in [3.05, 3.63) is 0 Å². The summed E-state index contributed by atoms with van der Waals surface area (Å²) in [4.78, 5) is 11.4. The quantitative estimate of drug-likeness (QED) is 0.706. The molecule has 5 nitrogen and oxygen atoms in total. The van der Waals surface area contributed by atoms with Crippen LogP contribution in [-0.2, 0) is 19.4 Å². The van der Waals surface area contributed by atoms with Gasteiger partial charge in [0, 0.05) is 12.6 Å². The molecule has 0 saturated heterocycles. The summed E-state index contributed by atoms with van der Waals surface area (Å²) in [5, 5.41) is 3.10. The van der Waals surface area contributed by atoms with Crippen molar-refractivity contribution in [3.63, 3.8) is 0 Å². The molecule has 1 aliphatic rings. The minimum atomic E-state index is -3.36. The first-order chi connectivity index (χ1) is 7.68. The molecule has 1 fully saturated rings. The fraction of sp³-hybridized carbons (Fsp3) is 0.909. The maximum Gasteiger partial charge on any atom is 0.321 e. The third-order valence-electron chi connectivity index (χ3n) is 2.18. The molecule has 0 aliphatic heterocycles. The lowest BCUT2D eigenvalue weighted by atomic mass is 10.2. The first kappa shape index (κ1) is 14.4. The molecule has 0 spiro atoms. The van der Waals surface area contributed by atoms with Crippen molar-refractivity contribution >= 4 is 15.8 Å². The van der Waals surface area contributed by atoms with Crippen molar-refractivity contribution < 1.29 is 17.9 Å². The van der Waals surface area contributed by atoms with E-state index in [1.807, 2.05) is 0 Å². The number of carbonyl (C=O) groups excluding carboxylic acids is 1. The molecule has 1 N–H and O–H groups in total. The van der Waals surface area contributed by atoms with Gasteiger partial charge in [0.05, 0.1) is 5.75 Å². The van der Waals surface area contributed by atoms with Gasteiger partial charge in [-0.1, -0.05) is 0 Å². The Morgan fingerprint density at radius 1 is 1.35 bits per heavy atom. The lowest BCUT2D eigenvalue weighted by Crippen LogP contribution is -2.32. The SMILES string of the molecule is CC(C)(C)OC(=O)CS(=O)(=O)CCNC1CC1. The molecular formula is C11H21NO4S. The average molecular weight is 263 g/mol. The van der Waals surface area contributed by atoms with Gasteiger partial charge in [0.15, 0.2) is 9.84 Å². The van der Waals surface area contributed by atoms with Crippen molar-refractivity contribution in [1.82, 2.24) is 5.32 Å². The Balaban J connectivity index is 2.29. The minimum Gasteiger partial charge on any atom is -0.459 e. The minimum absolute atomic E-state index is 0.0112. The number of sulfone groups is 1. The van der Waals surface area contributed by atoms with Crippen LogP contribution in [0.1, 0.15) is 33.6 Å². The highest BCUT2D eigenvalue weighted by molar-refractivity contribution is 7.92. The smallest absolute Gasteiger partial charge is 0.321 e. The monoisotopic (exact) mass is 263 g/mol. The normalized spacial score (nSPS) is 16.9. The topological polar surface area (TPSA) is 72.5 Å². The molecule has 1 rings (SSSR count). The van der Waals surface area contributed by atoms with Gasteiger partial charge in [0.25, 0.3) is 0 Å². The number of esters is 1. The largest absolute Gasteiger partial charge is 0.459 e. The van der Waals surface area contributed by atoms with Crippen LogP contribution < -0.4 is 5.32 Å². The highest BCUT2D eigenvalue weighted by atomic mass is 32.2. The van der Waals surface area contributed by atoms with Gasteiger partial charge < -0.3 is 10.1 Å². The zero-order valence-corrected chi connectivity index (χ0v) is 11.5. The predicted octanol–water partition coefficient (Wildman–Crippen LogP) is 0.495. The second-order valence-corrected chi connectivity index (χ2v) is 7.59. The molecule has 17 heavy (non-hydrogen) atoms. The summed E-state index contributed by atoms with van der Waals surface area (Å²) >= 11 is 0. The lowest BCUT2D eigenvalue weighted by Gasteiger charge is -2.19. The predicted molar refractivity (Wildman–Crippen MR) is 65.5 cm³/mol. The van der Waals surface area contributed by atoms with Crippen molar-refractivity contribution in [2.24, 2.45) is 0 Å². The van der Waals surface area contributed by atoms with Gasteiger partial charge in [0.1, 0.15) is 11.4 Å². The molecule has 0 radical (unpaired) electrons. The highest BCUT2D eigenvalue weighted by Crippen LogP contribution is 2.18. The van der Waals surface area contributed by atoms with Crippen molar-refractivity contribution in [1.29, 1.82) is 0 Å². The van der Waals surface area contributed by atoms with E-state index in [0.717, 1.165) is 12.8 Å². The third-order valence-corrected chi connectivity index (χ3v) is 3.68. The number of rotatable bonds is 6. The Labute approximate surface area is 103 Å². The number of carbonyl (C=O) groups is 1. The van der Waals surface area contributed by atoms with Crippen LogP contribution in [0.2, 0.25) is 0 Å². The van der Waals surface area contributed by atoms with Crippen LogP contribution in [0.5, 0.6) is 0 Å². The molecule has 0 aromatic rings. The Hall–Kier alpha value is -0.620. The molecule has 0 heterocycles. The van der Waals surface area contributed by atoms with E-state index >= 15 is 0 Å². The fourth-order valence-corrected chi connectivity index (χ4v) is 2.32. The molecular weight excluding hydrogens is 242 g/mol. The molecule has 0 unspecified atom stereocenters. The van der Waals surface area contributed by atoms with Gasteiger partial charge in [0.2, 0.25) is 0 Å². The molecule has 0 amide bonds. The summed E-state index contributed by atoms with van der Waals surface area (Å²) in [6.07, 6.45) is 2.23. The molecule has 1 saturated carbocycles. The van der Waals surface area contributed by atoms with Crippen LogP contribution in [0.15, 0.2) is 0 Å². The van der Waals surface area contributed by atoms with Crippen LogP contribution in [0.25, 0.3) is 0 Å². The van der Waals surface area contributed by atoms with Crippen LogP contribution in [0, 0.1) is 0 Å². The lowest BCUT2D eigenvalue weighted by molar-refractivity contribution is -0.151. The number of hydrogen-bond donors (Lipinski definition) is 1. The Morgan fingerprint density at radius 3 is 2.41 bits per heavy atom. The third kappa shape index (κ3) is 7.33. The van der Waals surface area contributed by atoms with E-state index in [4.69, 9.17) is 4.74 Å². The summed E-state index contributed by atoms with van der Waals surface area (Å²) < 4.78 is 28.2. The zero-order chi connectivity index (χ0) is 13.1. The van der Waals surface area contributed by atoms with Crippen molar-refractivity contribution in [2.45, 2.75) is 45.3 Å². The van der Waals surface area contributed by atoms with Crippen LogP contribution in [-0.4, -0.2) is 44.1 Å². The molecule has 0 bridgehead atoms. The first-order valence-electron chi connectivity index (χ1n) is 5.84. The zero-order valence-electron chi connectivity index (χ0n) is 10.7. The Morgan fingerprint density at radius 2 is 1.94 bits per heavy atom. The van der Waals surface area contributed by atoms with Crippen LogP contribution in [0.3, 0.4) is 0 Å². The first-order valence-corrected chi connectivity index (χ1v) is 7.66. The van der Waals surface area contributed by atoms with E-state index in [2.05, 4.69) is 5.32 Å². The Bertz CT molecular complexity index is 365. The van der Waals surface area contributed by atoms with E-state index in [-0.39, 0.29) is 5.75 Å².